The lowest BCUT2D eigenvalue weighted by atomic mass is 10.3. The van der Waals surface area contributed by atoms with Crippen LogP contribution in [0.2, 0.25) is 0 Å². The standard InChI is InChI=1S/C6H14O2S2/c1-6(4-9-2)5-10(3,7)8/h6H,4-5H2,1-3H3. The lowest BCUT2D eigenvalue weighted by molar-refractivity contribution is 0.589. The minimum absolute atomic E-state index is 0.282. The van der Waals surface area contributed by atoms with Crippen LogP contribution in [0.1, 0.15) is 6.92 Å². The first kappa shape index (κ1) is 10.3. The Morgan fingerprint density at radius 2 is 2.00 bits per heavy atom. The van der Waals surface area contributed by atoms with Gasteiger partial charge in [-0.05, 0) is 17.9 Å². The average Bonchev–Trinajstić information content (AvgIpc) is 1.59. The third-order valence-corrected chi connectivity index (χ3v) is 3.12. The molecule has 0 aromatic carbocycles. The highest BCUT2D eigenvalue weighted by Gasteiger charge is 2.08. The first-order chi connectivity index (χ1) is 4.45. The van der Waals surface area contributed by atoms with Crippen molar-refractivity contribution in [3.63, 3.8) is 0 Å². The number of hydrogen-bond acceptors (Lipinski definition) is 3. The van der Waals surface area contributed by atoms with Crippen LogP contribution in [0.3, 0.4) is 0 Å². The smallest absolute Gasteiger partial charge is 0.147 e. The second-order valence-electron chi connectivity index (χ2n) is 2.65. The Labute approximate surface area is 67.3 Å². The van der Waals surface area contributed by atoms with E-state index in [9.17, 15) is 8.42 Å². The van der Waals surface area contributed by atoms with Crippen molar-refractivity contribution in [3.05, 3.63) is 0 Å². The molecule has 0 fully saturated rings. The van der Waals surface area contributed by atoms with Crippen LogP contribution in [-0.4, -0.2) is 32.4 Å². The van der Waals surface area contributed by atoms with Gasteiger partial charge < -0.3 is 0 Å². The molecule has 0 aliphatic carbocycles. The maximum Gasteiger partial charge on any atom is 0.147 e. The van der Waals surface area contributed by atoms with Crippen LogP contribution in [0.25, 0.3) is 0 Å². The quantitative estimate of drug-likeness (QED) is 0.651. The zero-order valence-corrected chi connectivity index (χ0v) is 8.26. The van der Waals surface area contributed by atoms with E-state index in [1.54, 1.807) is 11.8 Å². The summed E-state index contributed by atoms with van der Waals surface area (Å²) in [6.07, 6.45) is 3.27. The molecular weight excluding hydrogens is 168 g/mol. The Morgan fingerprint density at radius 3 is 2.30 bits per heavy atom. The van der Waals surface area contributed by atoms with Gasteiger partial charge in [-0.1, -0.05) is 6.92 Å². The van der Waals surface area contributed by atoms with E-state index in [1.165, 1.54) is 6.26 Å². The molecule has 0 radical (unpaired) electrons. The van der Waals surface area contributed by atoms with Crippen molar-refractivity contribution >= 4 is 21.6 Å². The van der Waals surface area contributed by atoms with Crippen molar-refractivity contribution < 1.29 is 8.42 Å². The molecule has 0 aliphatic heterocycles. The Morgan fingerprint density at radius 1 is 1.50 bits per heavy atom. The van der Waals surface area contributed by atoms with E-state index in [2.05, 4.69) is 0 Å². The lowest BCUT2D eigenvalue weighted by Gasteiger charge is -2.06. The molecule has 2 nitrogen and oxygen atoms in total. The van der Waals surface area contributed by atoms with Crippen LogP contribution in [0.15, 0.2) is 0 Å². The molecule has 10 heavy (non-hydrogen) atoms. The molecule has 0 aliphatic rings. The molecular formula is C6H14O2S2. The molecule has 0 aromatic rings. The van der Waals surface area contributed by atoms with Gasteiger partial charge >= 0.3 is 0 Å². The zero-order valence-electron chi connectivity index (χ0n) is 6.62. The molecule has 1 unspecified atom stereocenters. The van der Waals surface area contributed by atoms with Gasteiger partial charge in [0.15, 0.2) is 0 Å². The van der Waals surface area contributed by atoms with Crippen LogP contribution in [0.5, 0.6) is 0 Å². The Hall–Kier alpha value is 0.300. The summed E-state index contributed by atoms with van der Waals surface area (Å²) in [7, 11) is -2.76. The maximum absolute atomic E-state index is 10.7. The normalized spacial score (nSPS) is 15.1. The average molecular weight is 182 g/mol. The summed E-state index contributed by atoms with van der Waals surface area (Å²) in [4.78, 5) is 0. The summed E-state index contributed by atoms with van der Waals surface area (Å²) in [5.41, 5.74) is 0. The van der Waals surface area contributed by atoms with Crippen molar-refractivity contribution in [2.75, 3.05) is 24.0 Å². The van der Waals surface area contributed by atoms with Gasteiger partial charge in [0, 0.05) is 6.26 Å². The van der Waals surface area contributed by atoms with E-state index in [-0.39, 0.29) is 5.92 Å². The molecule has 0 amide bonds. The fourth-order valence-electron chi connectivity index (χ4n) is 0.849. The van der Waals surface area contributed by atoms with Crippen LogP contribution in [-0.2, 0) is 9.84 Å². The minimum Gasteiger partial charge on any atom is -0.229 e. The van der Waals surface area contributed by atoms with Gasteiger partial charge in [0.05, 0.1) is 5.75 Å². The molecule has 1 atom stereocenters. The van der Waals surface area contributed by atoms with Gasteiger partial charge in [-0.2, -0.15) is 11.8 Å². The van der Waals surface area contributed by atoms with E-state index in [0.717, 1.165) is 5.75 Å². The van der Waals surface area contributed by atoms with E-state index < -0.39 is 9.84 Å². The molecule has 0 spiro atoms. The number of hydrogen-bond donors (Lipinski definition) is 0. The second kappa shape index (κ2) is 4.23. The van der Waals surface area contributed by atoms with Crippen LogP contribution < -0.4 is 0 Å². The number of thioether (sulfide) groups is 1. The Balaban J connectivity index is 3.69. The second-order valence-corrected chi connectivity index (χ2v) is 5.75. The monoisotopic (exact) mass is 182 g/mol. The lowest BCUT2D eigenvalue weighted by Crippen LogP contribution is -2.13. The predicted octanol–water partition coefficient (Wildman–Crippen LogP) is 1.03. The molecule has 62 valence electrons. The first-order valence-electron chi connectivity index (χ1n) is 3.12. The largest absolute Gasteiger partial charge is 0.229 e. The van der Waals surface area contributed by atoms with E-state index >= 15 is 0 Å². The number of sulfone groups is 1. The Kier molecular flexibility index (Phi) is 4.36. The molecule has 0 N–H and O–H groups in total. The fraction of sp³-hybridized carbons (Fsp3) is 1.00. The molecule has 0 aromatic heterocycles. The van der Waals surface area contributed by atoms with Crippen molar-refractivity contribution in [2.24, 2.45) is 5.92 Å². The molecule has 0 saturated carbocycles. The predicted molar refractivity (Wildman–Crippen MR) is 47.3 cm³/mol. The first-order valence-corrected chi connectivity index (χ1v) is 6.58. The summed E-state index contributed by atoms with van der Waals surface area (Å²) in [6, 6.07) is 0. The molecule has 0 bridgehead atoms. The van der Waals surface area contributed by atoms with Crippen molar-refractivity contribution in [2.45, 2.75) is 6.92 Å². The zero-order chi connectivity index (χ0) is 8.20. The third kappa shape index (κ3) is 6.42. The van der Waals surface area contributed by atoms with Gasteiger partial charge in [0.25, 0.3) is 0 Å². The maximum atomic E-state index is 10.7. The van der Waals surface area contributed by atoms with Gasteiger partial charge in [-0.3, -0.25) is 0 Å². The summed E-state index contributed by atoms with van der Waals surface area (Å²) < 4.78 is 21.4. The highest BCUT2D eigenvalue weighted by molar-refractivity contribution is 7.98. The highest BCUT2D eigenvalue weighted by atomic mass is 32.2. The fourth-order valence-corrected chi connectivity index (χ4v) is 2.84. The van der Waals surface area contributed by atoms with Crippen molar-refractivity contribution in [1.29, 1.82) is 0 Å². The van der Waals surface area contributed by atoms with E-state index in [4.69, 9.17) is 0 Å². The van der Waals surface area contributed by atoms with Crippen molar-refractivity contribution in [1.82, 2.24) is 0 Å². The topological polar surface area (TPSA) is 34.1 Å². The summed E-state index contributed by atoms with van der Waals surface area (Å²) in [5, 5.41) is 0. The third-order valence-electron chi connectivity index (χ3n) is 1.04. The van der Waals surface area contributed by atoms with Crippen LogP contribution in [0.4, 0.5) is 0 Å². The highest BCUT2D eigenvalue weighted by Crippen LogP contribution is 2.06. The molecule has 0 saturated heterocycles. The van der Waals surface area contributed by atoms with E-state index in [1.807, 2.05) is 13.2 Å². The summed E-state index contributed by atoms with van der Waals surface area (Å²) in [6.45, 7) is 1.96. The molecule has 4 heteroatoms. The van der Waals surface area contributed by atoms with Gasteiger partial charge in [0.2, 0.25) is 0 Å². The Bertz CT molecular complexity index is 172. The molecule has 0 heterocycles. The summed E-state index contributed by atoms with van der Waals surface area (Å²) >= 11 is 1.69. The van der Waals surface area contributed by atoms with E-state index in [0.29, 0.717) is 5.75 Å². The van der Waals surface area contributed by atoms with Gasteiger partial charge in [-0.15, -0.1) is 0 Å². The number of rotatable bonds is 4. The van der Waals surface area contributed by atoms with Crippen molar-refractivity contribution in [3.8, 4) is 0 Å². The van der Waals surface area contributed by atoms with Gasteiger partial charge in [-0.25, -0.2) is 8.42 Å². The van der Waals surface area contributed by atoms with Crippen LogP contribution >= 0.6 is 11.8 Å². The minimum atomic E-state index is -2.76. The SMILES string of the molecule is CSCC(C)CS(C)(=O)=O. The molecule has 0 rings (SSSR count). The van der Waals surface area contributed by atoms with Gasteiger partial charge in [0.1, 0.15) is 9.84 Å². The summed E-state index contributed by atoms with van der Waals surface area (Å²) in [5.74, 6) is 1.52. The van der Waals surface area contributed by atoms with Crippen LogP contribution in [0, 0.1) is 5.92 Å².